The van der Waals surface area contributed by atoms with Gasteiger partial charge in [-0.15, -0.1) is 0 Å². The largest absolute Gasteiger partial charge is 0.394 e. The van der Waals surface area contributed by atoms with Gasteiger partial charge in [0.15, 0.2) is 0 Å². The minimum absolute atomic E-state index is 0.0830. The van der Waals surface area contributed by atoms with Gasteiger partial charge >= 0.3 is 0 Å². The lowest BCUT2D eigenvalue weighted by atomic mass is 9.90. The number of aromatic nitrogens is 1. The smallest absolute Gasteiger partial charge is 0.254 e. The number of benzene rings is 1. The van der Waals surface area contributed by atoms with Crippen molar-refractivity contribution in [1.29, 1.82) is 0 Å². The molecule has 1 aliphatic heterocycles. The summed E-state index contributed by atoms with van der Waals surface area (Å²) in [4.78, 5) is 16.9. The highest BCUT2D eigenvalue weighted by atomic mass is 16.5. The molecule has 0 spiro atoms. The fourth-order valence-corrected chi connectivity index (χ4v) is 2.68. The Morgan fingerprint density at radius 1 is 1.29 bits per heavy atom. The van der Waals surface area contributed by atoms with Crippen LogP contribution in [0.4, 0.5) is 0 Å². The summed E-state index contributed by atoms with van der Waals surface area (Å²) < 4.78 is 5.31. The van der Waals surface area contributed by atoms with Crippen molar-refractivity contribution in [2.45, 2.75) is 18.4 Å². The lowest BCUT2D eigenvalue weighted by molar-refractivity contribution is 0.0126. The van der Waals surface area contributed by atoms with E-state index in [1.54, 1.807) is 12.3 Å². The van der Waals surface area contributed by atoms with E-state index >= 15 is 0 Å². The Hall–Kier alpha value is -1.98. The number of rotatable bonds is 3. The number of pyridine rings is 1. The number of hydrogen-bond donors (Lipinski definition) is 2. The quantitative estimate of drug-likeness (QED) is 0.897. The van der Waals surface area contributed by atoms with Crippen molar-refractivity contribution in [2.24, 2.45) is 0 Å². The maximum absolute atomic E-state index is 12.6. The molecular weight excluding hydrogens is 268 g/mol. The number of fused-ring (bicyclic) bond motifs is 1. The first-order chi connectivity index (χ1) is 10.2. The van der Waals surface area contributed by atoms with Gasteiger partial charge in [-0.05, 0) is 25.0 Å². The monoisotopic (exact) mass is 286 g/mol. The third kappa shape index (κ3) is 2.75. The van der Waals surface area contributed by atoms with Gasteiger partial charge in [0.2, 0.25) is 0 Å². The van der Waals surface area contributed by atoms with Crippen LogP contribution in [0.3, 0.4) is 0 Å². The number of nitrogens with one attached hydrogen (secondary N) is 1. The number of hydrogen-bond acceptors (Lipinski definition) is 4. The third-order valence-electron chi connectivity index (χ3n) is 4.01. The molecule has 2 heterocycles. The average Bonchev–Trinajstić information content (AvgIpc) is 2.55. The molecule has 5 heteroatoms. The summed E-state index contributed by atoms with van der Waals surface area (Å²) in [7, 11) is 0. The second-order valence-electron chi connectivity index (χ2n) is 5.39. The predicted octanol–water partition coefficient (Wildman–Crippen LogP) is 1.51. The summed E-state index contributed by atoms with van der Waals surface area (Å²) in [5.74, 6) is -0.199. The zero-order valence-corrected chi connectivity index (χ0v) is 11.7. The number of nitrogens with zero attached hydrogens (tertiary/aromatic N) is 1. The van der Waals surface area contributed by atoms with Crippen LogP contribution in [0, 0.1) is 0 Å². The van der Waals surface area contributed by atoms with Gasteiger partial charge in [-0.3, -0.25) is 9.78 Å². The zero-order valence-electron chi connectivity index (χ0n) is 11.7. The van der Waals surface area contributed by atoms with Crippen molar-refractivity contribution in [1.82, 2.24) is 10.3 Å². The molecule has 0 bridgehead atoms. The van der Waals surface area contributed by atoms with Crippen LogP contribution in [-0.2, 0) is 4.74 Å². The van der Waals surface area contributed by atoms with Crippen molar-refractivity contribution >= 4 is 16.8 Å². The molecule has 0 radical (unpaired) electrons. The topological polar surface area (TPSA) is 71.5 Å². The van der Waals surface area contributed by atoms with Gasteiger partial charge in [0.25, 0.3) is 5.91 Å². The Morgan fingerprint density at radius 2 is 2.05 bits per heavy atom. The molecule has 1 amide bonds. The second-order valence-corrected chi connectivity index (χ2v) is 5.39. The van der Waals surface area contributed by atoms with Gasteiger partial charge in [0, 0.05) is 24.8 Å². The van der Waals surface area contributed by atoms with E-state index in [1.165, 1.54) is 0 Å². The summed E-state index contributed by atoms with van der Waals surface area (Å²) >= 11 is 0. The minimum atomic E-state index is -0.591. The molecule has 1 aromatic carbocycles. The van der Waals surface area contributed by atoms with Gasteiger partial charge in [0.05, 0.1) is 23.2 Å². The summed E-state index contributed by atoms with van der Waals surface area (Å²) in [6.45, 7) is 1.02. The standard InChI is InChI=1S/C16H18N2O3/c19-11-16(6-9-21-10-7-16)18-15(20)13-5-1-3-12-4-2-8-17-14(12)13/h1-5,8,19H,6-7,9-11H2,(H,18,20). The first-order valence-electron chi connectivity index (χ1n) is 7.09. The van der Waals surface area contributed by atoms with E-state index < -0.39 is 5.54 Å². The van der Waals surface area contributed by atoms with Crippen LogP contribution in [0.1, 0.15) is 23.2 Å². The van der Waals surface area contributed by atoms with Gasteiger partial charge in [-0.2, -0.15) is 0 Å². The number of amides is 1. The van der Waals surface area contributed by atoms with E-state index in [1.807, 2.05) is 24.3 Å². The van der Waals surface area contributed by atoms with Crippen LogP contribution in [0.15, 0.2) is 36.5 Å². The molecule has 1 aliphatic rings. The van der Waals surface area contributed by atoms with E-state index in [4.69, 9.17) is 4.74 Å². The molecule has 110 valence electrons. The van der Waals surface area contributed by atoms with Gasteiger partial charge in [0.1, 0.15) is 0 Å². The fourth-order valence-electron chi connectivity index (χ4n) is 2.68. The second kappa shape index (κ2) is 5.79. The lowest BCUT2D eigenvalue weighted by Gasteiger charge is -2.36. The molecule has 1 fully saturated rings. The van der Waals surface area contributed by atoms with Crippen molar-refractivity contribution < 1.29 is 14.6 Å². The molecule has 21 heavy (non-hydrogen) atoms. The Labute approximate surface area is 123 Å². The number of aliphatic hydroxyl groups excluding tert-OH is 1. The van der Waals surface area contributed by atoms with Gasteiger partial charge in [-0.25, -0.2) is 0 Å². The molecule has 5 nitrogen and oxygen atoms in total. The molecule has 1 saturated heterocycles. The minimum Gasteiger partial charge on any atom is -0.394 e. The summed E-state index contributed by atoms with van der Waals surface area (Å²) in [6.07, 6.45) is 2.91. The summed E-state index contributed by atoms with van der Waals surface area (Å²) in [6, 6.07) is 9.30. The van der Waals surface area contributed by atoms with Gasteiger partial charge < -0.3 is 15.2 Å². The lowest BCUT2D eigenvalue weighted by Crippen LogP contribution is -2.54. The number of carbonyl (C=O) groups is 1. The maximum atomic E-state index is 12.6. The summed E-state index contributed by atoms with van der Waals surface area (Å²) in [5, 5.41) is 13.6. The maximum Gasteiger partial charge on any atom is 0.254 e. The van der Waals surface area contributed by atoms with Crippen molar-refractivity contribution in [3.8, 4) is 0 Å². The number of aliphatic hydroxyl groups is 1. The molecule has 0 unspecified atom stereocenters. The van der Waals surface area contributed by atoms with Gasteiger partial charge in [-0.1, -0.05) is 18.2 Å². The summed E-state index contributed by atoms with van der Waals surface area (Å²) in [5.41, 5.74) is 0.622. The molecule has 3 rings (SSSR count). The van der Waals surface area contributed by atoms with Crippen LogP contribution in [-0.4, -0.2) is 41.4 Å². The molecule has 1 aromatic heterocycles. The Kier molecular flexibility index (Phi) is 3.86. The van der Waals surface area contributed by atoms with E-state index in [9.17, 15) is 9.90 Å². The van der Waals surface area contributed by atoms with Crippen LogP contribution in [0.5, 0.6) is 0 Å². The Bertz CT molecular complexity index is 646. The Morgan fingerprint density at radius 3 is 2.81 bits per heavy atom. The average molecular weight is 286 g/mol. The fraction of sp³-hybridized carbons (Fsp3) is 0.375. The molecular formula is C16H18N2O3. The molecule has 2 aromatic rings. The van der Waals surface area contributed by atoms with E-state index in [-0.39, 0.29) is 12.5 Å². The van der Waals surface area contributed by atoms with E-state index in [0.717, 1.165) is 5.39 Å². The molecule has 2 N–H and O–H groups in total. The first-order valence-corrected chi connectivity index (χ1v) is 7.09. The highest BCUT2D eigenvalue weighted by Crippen LogP contribution is 2.22. The zero-order chi connectivity index (χ0) is 14.7. The normalized spacial score (nSPS) is 17.6. The predicted molar refractivity (Wildman–Crippen MR) is 79.1 cm³/mol. The SMILES string of the molecule is O=C(NC1(CO)CCOCC1)c1cccc2cccnc12. The van der Waals surface area contributed by atoms with Crippen molar-refractivity contribution in [3.05, 3.63) is 42.1 Å². The van der Waals surface area contributed by atoms with Crippen molar-refractivity contribution in [2.75, 3.05) is 19.8 Å². The highest BCUT2D eigenvalue weighted by molar-refractivity contribution is 6.05. The van der Waals surface area contributed by atoms with Crippen molar-refractivity contribution in [3.63, 3.8) is 0 Å². The number of carbonyl (C=O) groups excluding carboxylic acids is 1. The molecule has 0 atom stereocenters. The number of ether oxygens (including phenoxy) is 1. The molecule has 0 aliphatic carbocycles. The van der Waals surface area contributed by atoms with E-state index in [2.05, 4.69) is 10.3 Å². The van der Waals surface area contributed by atoms with E-state index in [0.29, 0.717) is 37.1 Å². The van der Waals surface area contributed by atoms with Crippen LogP contribution < -0.4 is 5.32 Å². The van der Waals surface area contributed by atoms with Crippen LogP contribution >= 0.6 is 0 Å². The Balaban J connectivity index is 1.90. The number of para-hydroxylation sites is 1. The first kappa shape index (κ1) is 14.0. The highest BCUT2D eigenvalue weighted by Gasteiger charge is 2.34. The van der Waals surface area contributed by atoms with Crippen LogP contribution in [0.25, 0.3) is 10.9 Å². The molecule has 0 saturated carbocycles. The van der Waals surface area contributed by atoms with Crippen LogP contribution in [0.2, 0.25) is 0 Å². The third-order valence-corrected chi connectivity index (χ3v) is 4.01.